The molecule has 0 aliphatic carbocycles. The standard InChI is InChI=1S/C14H15NOS/c1-16-13-6-4-12(5-7-13)8-9-15-11-14-3-2-10-17-14/h2-7,10-11H,8-9H2,1H3. The highest BCUT2D eigenvalue weighted by Gasteiger charge is 1.93. The number of aliphatic imine (C=N–C) groups is 1. The molecule has 0 atom stereocenters. The van der Waals surface area contributed by atoms with Gasteiger partial charge in [0.1, 0.15) is 5.75 Å². The van der Waals surface area contributed by atoms with Crippen molar-refractivity contribution in [2.75, 3.05) is 13.7 Å². The molecule has 2 rings (SSSR count). The second kappa shape index (κ2) is 6.21. The highest BCUT2D eigenvalue weighted by Crippen LogP contribution is 2.11. The lowest BCUT2D eigenvalue weighted by Crippen LogP contribution is -1.90. The molecule has 0 aliphatic heterocycles. The van der Waals surface area contributed by atoms with E-state index in [1.54, 1.807) is 18.4 Å². The molecule has 0 bridgehead atoms. The maximum Gasteiger partial charge on any atom is 0.118 e. The monoisotopic (exact) mass is 245 g/mol. The van der Waals surface area contributed by atoms with Crippen LogP contribution in [-0.4, -0.2) is 19.9 Å². The van der Waals surface area contributed by atoms with Crippen LogP contribution in [0.5, 0.6) is 5.75 Å². The first-order valence-corrected chi connectivity index (χ1v) is 6.43. The second-order valence-electron chi connectivity index (χ2n) is 3.65. The van der Waals surface area contributed by atoms with Crippen molar-refractivity contribution in [1.82, 2.24) is 0 Å². The highest BCUT2D eigenvalue weighted by atomic mass is 32.1. The number of nitrogens with zero attached hydrogens (tertiary/aromatic N) is 1. The summed E-state index contributed by atoms with van der Waals surface area (Å²) in [6.45, 7) is 0.824. The van der Waals surface area contributed by atoms with Crippen LogP contribution in [0, 0.1) is 0 Å². The number of hydrogen-bond acceptors (Lipinski definition) is 3. The maximum atomic E-state index is 5.12. The Morgan fingerprint density at radius 1 is 1.24 bits per heavy atom. The molecule has 17 heavy (non-hydrogen) atoms. The Bertz CT molecular complexity index is 459. The van der Waals surface area contributed by atoms with E-state index in [4.69, 9.17) is 4.74 Å². The second-order valence-corrected chi connectivity index (χ2v) is 4.63. The number of ether oxygens (including phenoxy) is 1. The van der Waals surface area contributed by atoms with Crippen molar-refractivity contribution in [1.29, 1.82) is 0 Å². The fourth-order valence-corrected chi connectivity index (χ4v) is 2.11. The van der Waals surface area contributed by atoms with Gasteiger partial charge in [-0.25, -0.2) is 0 Å². The molecule has 1 heterocycles. The van der Waals surface area contributed by atoms with Crippen LogP contribution in [0.2, 0.25) is 0 Å². The van der Waals surface area contributed by atoms with Crippen molar-refractivity contribution in [3.8, 4) is 5.75 Å². The summed E-state index contributed by atoms with van der Waals surface area (Å²) in [7, 11) is 1.68. The average molecular weight is 245 g/mol. The van der Waals surface area contributed by atoms with Crippen molar-refractivity contribution in [2.45, 2.75) is 6.42 Å². The number of benzene rings is 1. The van der Waals surface area contributed by atoms with E-state index in [0.29, 0.717) is 0 Å². The Hall–Kier alpha value is -1.61. The van der Waals surface area contributed by atoms with Crippen LogP contribution in [0.15, 0.2) is 46.8 Å². The number of rotatable bonds is 5. The molecule has 0 radical (unpaired) electrons. The van der Waals surface area contributed by atoms with E-state index in [0.717, 1.165) is 18.7 Å². The zero-order chi connectivity index (χ0) is 11.9. The molecular weight excluding hydrogens is 230 g/mol. The molecule has 1 aromatic carbocycles. The summed E-state index contributed by atoms with van der Waals surface area (Å²) in [5, 5.41) is 2.06. The van der Waals surface area contributed by atoms with Gasteiger partial charge < -0.3 is 4.74 Å². The molecule has 1 aromatic heterocycles. The van der Waals surface area contributed by atoms with Crippen LogP contribution in [0.25, 0.3) is 0 Å². The Labute approximate surface area is 106 Å². The Morgan fingerprint density at radius 2 is 2.06 bits per heavy atom. The minimum absolute atomic E-state index is 0.824. The van der Waals surface area contributed by atoms with Crippen LogP contribution < -0.4 is 4.74 Å². The van der Waals surface area contributed by atoms with Gasteiger partial charge in [-0.1, -0.05) is 18.2 Å². The summed E-state index contributed by atoms with van der Waals surface area (Å²) in [5.41, 5.74) is 1.29. The Balaban J connectivity index is 1.81. The summed E-state index contributed by atoms with van der Waals surface area (Å²) in [5.74, 6) is 0.899. The smallest absolute Gasteiger partial charge is 0.118 e. The number of hydrogen-bond donors (Lipinski definition) is 0. The third-order valence-corrected chi connectivity index (χ3v) is 3.26. The Kier molecular flexibility index (Phi) is 4.33. The average Bonchev–Trinajstić information content (AvgIpc) is 2.88. The van der Waals surface area contributed by atoms with Gasteiger partial charge in [0, 0.05) is 17.6 Å². The molecule has 0 fully saturated rings. The van der Waals surface area contributed by atoms with Crippen molar-refractivity contribution >= 4 is 17.6 Å². The lowest BCUT2D eigenvalue weighted by molar-refractivity contribution is 0.414. The quantitative estimate of drug-likeness (QED) is 0.740. The van der Waals surface area contributed by atoms with E-state index < -0.39 is 0 Å². The summed E-state index contributed by atoms with van der Waals surface area (Å²) in [4.78, 5) is 5.61. The molecule has 0 aliphatic rings. The van der Waals surface area contributed by atoms with Gasteiger partial charge in [-0.2, -0.15) is 0 Å². The van der Waals surface area contributed by atoms with Gasteiger partial charge in [0.15, 0.2) is 0 Å². The molecule has 0 amide bonds. The SMILES string of the molecule is COc1ccc(CCN=Cc2cccs2)cc1. The number of methoxy groups -OCH3 is 1. The normalized spacial score (nSPS) is 10.9. The minimum atomic E-state index is 0.824. The van der Waals surface area contributed by atoms with Gasteiger partial charge in [-0.3, -0.25) is 4.99 Å². The van der Waals surface area contributed by atoms with Gasteiger partial charge in [0.25, 0.3) is 0 Å². The van der Waals surface area contributed by atoms with Crippen molar-refractivity contribution in [3.05, 3.63) is 52.2 Å². The lowest BCUT2D eigenvalue weighted by Gasteiger charge is -2.01. The predicted molar refractivity (Wildman–Crippen MR) is 73.5 cm³/mol. The predicted octanol–water partition coefficient (Wildman–Crippen LogP) is 3.42. The third-order valence-electron chi connectivity index (χ3n) is 2.45. The summed E-state index contributed by atoms with van der Waals surface area (Å²) >= 11 is 1.71. The first-order valence-electron chi connectivity index (χ1n) is 5.55. The summed E-state index contributed by atoms with van der Waals surface area (Å²) in [6, 6.07) is 12.2. The van der Waals surface area contributed by atoms with Crippen LogP contribution in [0.1, 0.15) is 10.4 Å². The molecule has 3 heteroatoms. The fourth-order valence-electron chi connectivity index (χ4n) is 1.51. The van der Waals surface area contributed by atoms with Crippen LogP contribution in [0.3, 0.4) is 0 Å². The van der Waals surface area contributed by atoms with E-state index in [1.165, 1.54) is 10.4 Å². The van der Waals surface area contributed by atoms with Gasteiger partial charge >= 0.3 is 0 Å². The topological polar surface area (TPSA) is 21.6 Å². The van der Waals surface area contributed by atoms with Crippen molar-refractivity contribution in [3.63, 3.8) is 0 Å². The zero-order valence-corrected chi connectivity index (χ0v) is 10.6. The molecule has 88 valence electrons. The van der Waals surface area contributed by atoms with E-state index in [1.807, 2.05) is 24.4 Å². The maximum absolute atomic E-state index is 5.12. The van der Waals surface area contributed by atoms with Crippen LogP contribution in [-0.2, 0) is 6.42 Å². The van der Waals surface area contributed by atoms with Gasteiger partial charge in [-0.05, 0) is 35.6 Å². The highest BCUT2D eigenvalue weighted by molar-refractivity contribution is 7.11. The first-order chi connectivity index (χ1) is 8.38. The zero-order valence-electron chi connectivity index (χ0n) is 9.80. The summed E-state index contributed by atoms with van der Waals surface area (Å²) < 4.78 is 5.12. The molecule has 0 saturated heterocycles. The van der Waals surface area contributed by atoms with Crippen molar-refractivity contribution in [2.24, 2.45) is 4.99 Å². The largest absolute Gasteiger partial charge is 0.497 e. The van der Waals surface area contributed by atoms with Crippen LogP contribution in [0.4, 0.5) is 0 Å². The fraction of sp³-hybridized carbons (Fsp3) is 0.214. The molecule has 2 nitrogen and oxygen atoms in total. The number of thiophene rings is 1. The van der Waals surface area contributed by atoms with Gasteiger partial charge in [0.05, 0.1) is 7.11 Å². The van der Waals surface area contributed by atoms with Crippen LogP contribution >= 0.6 is 11.3 Å². The molecule has 0 saturated carbocycles. The van der Waals surface area contributed by atoms with Crippen molar-refractivity contribution < 1.29 is 4.74 Å². The van der Waals surface area contributed by atoms with E-state index in [-0.39, 0.29) is 0 Å². The van der Waals surface area contributed by atoms with Gasteiger partial charge in [0.2, 0.25) is 0 Å². The Morgan fingerprint density at radius 3 is 2.71 bits per heavy atom. The summed E-state index contributed by atoms with van der Waals surface area (Å²) in [6.07, 6.45) is 2.90. The van der Waals surface area contributed by atoms with E-state index >= 15 is 0 Å². The molecule has 0 N–H and O–H groups in total. The molecule has 2 aromatic rings. The lowest BCUT2D eigenvalue weighted by atomic mass is 10.1. The minimum Gasteiger partial charge on any atom is -0.497 e. The van der Waals surface area contributed by atoms with Gasteiger partial charge in [-0.15, -0.1) is 11.3 Å². The molecule has 0 unspecified atom stereocenters. The molecular formula is C14H15NOS. The van der Waals surface area contributed by atoms with E-state index in [2.05, 4.69) is 28.6 Å². The van der Waals surface area contributed by atoms with E-state index in [9.17, 15) is 0 Å². The third kappa shape index (κ3) is 3.71. The first kappa shape index (κ1) is 11.9. The molecule has 0 spiro atoms.